The van der Waals surface area contributed by atoms with Gasteiger partial charge in [-0.25, -0.2) is 8.42 Å². The lowest BCUT2D eigenvalue weighted by atomic mass is 10.2. The average Bonchev–Trinajstić information content (AvgIpc) is 3.00. The van der Waals surface area contributed by atoms with E-state index in [1.807, 2.05) is 0 Å². The monoisotopic (exact) mass is 753 g/mol. The fraction of sp³-hybridized carbons (Fsp3) is 1.00. The number of halogens is 2. The first-order chi connectivity index (χ1) is 23.3. The van der Waals surface area contributed by atoms with Crippen molar-refractivity contribution in [3.8, 4) is 0 Å². The molecule has 2 atom stereocenters. The highest BCUT2D eigenvalue weighted by Gasteiger charge is 2.13. The molecule has 0 aromatic heterocycles. The molecule has 260 valence electrons. The van der Waals surface area contributed by atoms with Crippen molar-refractivity contribution in [2.45, 2.75) is 51.1 Å². The minimum atomic E-state index is -3.51. The second-order valence-electron chi connectivity index (χ2n) is 7.50. The summed E-state index contributed by atoms with van der Waals surface area (Å²) in [5.41, 5.74) is 0. The number of hydrogen-bond donors (Lipinski definition) is 2. The standard InChI is InChI=1S/C8H16O3.C7H13BrO2.C4H10O4S.C3H8O2.CH3ClO2S.CH4O/c1-9-6-7-11-8-4-2-3-5-10-8;8-4-6-10-7-3-1-2-5-9-7;1-7-3-4-8-9(2,5)6;1-5-3-2-4;1-5(2,3)4;1-2/h8H,2-7H2,1H3;7H,1-6H2;3-4H2,1-2H3;4H,2-3H2,1H3;1H3;2H,1H3/i1D3;;2*1D3;;. The second kappa shape index (κ2) is 37.5. The Labute approximate surface area is 278 Å². The molecule has 2 unspecified atom stereocenters. The molecule has 2 N–H and O–H groups in total. The lowest BCUT2D eigenvalue weighted by Gasteiger charge is -2.22. The Bertz CT molecular complexity index is 975. The van der Waals surface area contributed by atoms with Crippen LogP contribution in [0.4, 0.5) is 0 Å². The van der Waals surface area contributed by atoms with Crippen LogP contribution in [0.25, 0.3) is 0 Å². The van der Waals surface area contributed by atoms with Crippen molar-refractivity contribution in [3.05, 3.63) is 0 Å². The maximum atomic E-state index is 10.3. The first-order valence-corrected chi connectivity index (χ1v) is 18.2. The second-order valence-corrected chi connectivity index (χ2v) is 13.0. The molecule has 0 amide bonds. The summed E-state index contributed by atoms with van der Waals surface area (Å²) in [5.74, 6) is 0. The summed E-state index contributed by atoms with van der Waals surface area (Å²) >= 11 is 3.30. The van der Waals surface area contributed by atoms with Gasteiger partial charge in [0.2, 0.25) is 9.05 Å². The van der Waals surface area contributed by atoms with E-state index in [9.17, 15) is 16.8 Å². The third-order valence-corrected chi connectivity index (χ3v) is 4.74. The van der Waals surface area contributed by atoms with E-state index < -0.39 is 40.3 Å². The number of aliphatic hydroxyl groups excluding tert-OH is 2. The van der Waals surface area contributed by atoms with Gasteiger partial charge in [0.15, 0.2) is 12.6 Å². The van der Waals surface area contributed by atoms with Gasteiger partial charge < -0.3 is 43.4 Å². The van der Waals surface area contributed by atoms with Crippen LogP contribution < -0.4 is 0 Å². The number of methoxy groups -OCH3 is 3. The minimum Gasteiger partial charge on any atom is -0.400 e. The van der Waals surface area contributed by atoms with Crippen LogP contribution in [0, 0.1) is 0 Å². The SMILES string of the molecule is BrCCOC1CCCCO1.CO.CS(=O)(=O)Cl.[2H]C([2H])([2H])OCCO.[2H]C([2H])([2H])OCCOC1CCCCO1.[2H]C([2H])([2H])OCCOS(C)(=O)=O. The fourth-order valence-electron chi connectivity index (χ4n) is 2.36. The highest BCUT2D eigenvalue weighted by Crippen LogP contribution is 2.14. The van der Waals surface area contributed by atoms with Gasteiger partial charge in [-0.1, -0.05) is 15.9 Å². The van der Waals surface area contributed by atoms with Crippen LogP contribution in [0.2, 0.25) is 0 Å². The minimum absolute atomic E-state index is 0.0753. The lowest BCUT2D eigenvalue weighted by Crippen LogP contribution is -2.23. The highest BCUT2D eigenvalue weighted by molar-refractivity contribution is 9.09. The van der Waals surface area contributed by atoms with Gasteiger partial charge in [-0.05, 0) is 38.5 Å². The van der Waals surface area contributed by atoms with Crippen molar-refractivity contribution in [1.82, 2.24) is 0 Å². The molecule has 14 nitrogen and oxygen atoms in total. The molecule has 0 spiro atoms. The third-order valence-electron chi connectivity index (χ3n) is 3.82. The Hall–Kier alpha value is 0.270. The molecule has 2 saturated heterocycles. The molecule has 0 aromatic carbocycles. The van der Waals surface area contributed by atoms with Crippen molar-refractivity contribution in [2.24, 2.45) is 0 Å². The van der Waals surface area contributed by atoms with Gasteiger partial charge in [0, 0.05) is 57.4 Å². The molecule has 2 fully saturated rings. The third kappa shape index (κ3) is 56.1. The Morgan fingerprint density at radius 3 is 1.55 bits per heavy atom. The number of hydrogen-bond acceptors (Lipinski definition) is 14. The molecule has 0 aliphatic carbocycles. The summed E-state index contributed by atoms with van der Waals surface area (Å²) in [6.45, 7) is 1.76. The zero-order chi connectivity index (χ0) is 40.6. The van der Waals surface area contributed by atoms with Gasteiger partial charge in [-0.3, -0.25) is 4.18 Å². The summed E-state index contributed by atoms with van der Waals surface area (Å²) < 4.78 is 137. The molecule has 0 saturated carbocycles. The van der Waals surface area contributed by atoms with Gasteiger partial charge >= 0.3 is 0 Å². The molecular weight excluding hydrogens is 692 g/mol. The first kappa shape index (κ1) is 32.2. The number of rotatable bonds is 13. The normalized spacial score (nSPS) is 22.1. The molecule has 2 heterocycles. The summed E-state index contributed by atoms with van der Waals surface area (Å²) in [6.07, 6.45) is 8.25. The van der Waals surface area contributed by atoms with E-state index in [4.69, 9.17) is 41.5 Å². The number of ether oxygens (including phenoxy) is 7. The van der Waals surface area contributed by atoms with Gasteiger partial charge in [0.1, 0.15) is 0 Å². The van der Waals surface area contributed by atoms with E-state index in [0.717, 1.165) is 70.5 Å². The quantitative estimate of drug-likeness (QED) is 0.121. The first-order valence-electron chi connectivity index (χ1n) is 17.0. The van der Waals surface area contributed by atoms with Crippen LogP contribution in [0.3, 0.4) is 0 Å². The predicted molar refractivity (Wildman–Crippen MR) is 165 cm³/mol. The van der Waals surface area contributed by atoms with E-state index in [0.29, 0.717) is 0 Å². The number of alkyl halides is 1. The Balaban J connectivity index is -0.000000276. The molecule has 0 radical (unpaired) electrons. The maximum absolute atomic E-state index is 10.3. The van der Waals surface area contributed by atoms with Gasteiger partial charge in [0.25, 0.3) is 10.1 Å². The van der Waals surface area contributed by atoms with Crippen molar-refractivity contribution < 1.29 is 76.7 Å². The Morgan fingerprint density at radius 1 is 0.786 bits per heavy atom. The van der Waals surface area contributed by atoms with Crippen LogP contribution in [0.1, 0.15) is 50.9 Å². The van der Waals surface area contributed by atoms with Crippen molar-refractivity contribution in [2.75, 3.05) is 106 Å². The fourth-order valence-corrected chi connectivity index (χ4v) is 2.91. The van der Waals surface area contributed by atoms with Crippen molar-refractivity contribution >= 4 is 45.8 Å². The van der Waals surface area contributed by atoms with Gasteiger partial charge in [0.05, 0.1) is 71.1 Å². The zero-order valence-electron chi connectivity index (χ0n) is 33.3. The Kier molecular flexibility index (Phi) is 28.7. The van der Waals surface area contributed by atoms with E-state index in [-0.39, 0.29) is 52.2 Å². The van der Waals surface area contributed by atoms with Gasteiger partial charge in [-0.15, -0.1) is 0 Å². The molecular formula is C24H54BrClO14S2. The summed E-state index contributed by atoms with van der Waals surface area (Å²) in [5, 5.41) is 16.0. The lowest BCUT2D eigenvalue weighted by molar-refractivity contribution is -0.167. The molecule has 2 aliphatic heterocycles. The van der Waals surface area contributed by atoms with Crippen LogP contribution in [0.5, 0.6) is 0 Å². The summed E-state index contributed by atoms with van der Waals surface area (Å²) in [6, 6.07) is 0. The average molecular weight is 755 g/mol. The molecule has 2 rings (SSSR count). The topological polar surface area (TPSA) is 183 Å². The molecule has 0 bridgehead atoms. The molecule has 0 aromatic rings. The van der Waals surface area contributed by atoms with Crippen LogP contribution >= 0.6 is 26.6 Å². The van der Waals surface area contributed by atoms with Crippen molar-refractivity contribution in [1.29, 1.82) is 0 Å². The number of aliphatic hydroxyl groups is 2. The van der Waals surface area contributed by atoms with E-state index in [1.54, 1.807) is 0 Å². The molecule has 18 heteroatoms. The smallest absolute Gasteiger partial charge is 0.264 e. The maximum Gasteiger partial charge on any atom is 0.264 e. The van der Waals surface area contributed by atoms with Crippen LogP contribution in [-0.4, -0.2) is 145 Å². The molecule has 2 aliphatic rings. The van der Waals surface area contributed by atoms with E-state index in [1.165, 1.54) is 12.8 Å². The van der Waals surface area contributed by atoms with Crippen molar-refractivity contribution in [3.63, 3.8) is 0 Å². The van der Waals surface area contributed by atoms with E-state index >= 15 is 0 Å². The largest absolute Gasteiger partial charge is 0.400 e. The Morgan fingerprint density at radius 2 is 1.21 bits per heavy atom. The predicted octanol–water partition coefficient (Wildman–Crippen LogP) is 2.13. The summed E-state index contributed by atoms with van der Waals surface area (Å²) in [7, 11) is -8.38. The van der Waals surface area contributed by atoms with E-state index in [2.05, 4.69) is 45.0 Å². The summed E-state index contributed by atoms with van der Waals surface area (Å²) in [4.78, 5) is 0. The zero-order valence-corrected chi connectivity index (χ0v) is 28.3. The van der Waals surface area contributed by atoms with Gasteiger partial charge in [-0.2, -0.15) is 8.42 Å². The van der Waals surface area contributed by atoms with Crippen LogP contribution in [-0.2, 0) is 56.5 Å². The highest BCUT2D eigenvalue weighted by atomic mass is 79.9. The van der Waals surface area contributed by atoms with Crippen LogP contribution in [0.15, 0.2) is 0 Å². The molecule has 42 heavy (non-hydrogen) atoms.